The highest BCUT2D eigenvalue weighted by Crippen LogP contribution is 2.48. The van der Waals surface area contributed by atoms with Crippen LogP contribution in [0.3, 0.4) is 0 Å². The number of nitrogens with zero attached hydrogens (tertiary/aromatic N) is 7. The van der Waals surface area contributed by atoms with Crippen molar-refractivity contribution in [2.24, 2.45) is 7.05 Å². The number of aryl methyl sites for hydroxylation is 4. The van der Waals surface area contributed by atoms with E-state index in [1.807, 2.05) is 56.7 Å². The summed E-state index contributed by atoms with van der Waals surface area (Å²) in [5.74, 6) is 2.28. The van der Waals surface area contributed by atoms with Crippen LogP contribution in [0.5, 0.6) is 17.5 Å². The number of H-pyrrole nitrogens is 1. The molecule has 0 aliphatic carbocycles. The Morgan fingerprint density at radius 1 is 1.03 bits per heavy atom. The van der Waals surface area contributed by atoms with Crippen molar-refractivity contribution in [3.63, 3.8) is 0 Å². The topological polar surface area (TPSA) is 108 Å². The zero-order valence-electron chi connectivity index (χ0n) is 22.0. The largest absolute Gasteiger partial charge is 0.489 e. The van der Waals surface area contributed by atoms with Gasteiger partial charge in [-0.25, -0.2) is 14.5 Å². The molecular weight excluding hydrogens is 492 g/mol. The van der Waals surface area contributed by atoms with Crippen LogP contribution in [0.1, 0.15) is 45.0 Å². The van der Waals surface area contributed by atoms with Crippen molar-refractivity contribution in [2.75, 3.05) is 0 Å². The summed E-state index contributed by atoms with van der Waals surface area (Å²) in [6.07, 6.45) is 5.48. The zero-order valence-corrected chi connectivity index (χ0v) is 22.0. The number of ether oxygens (including phenoxy) is 2. The lowest BCUT2D eigenvalue weighted by atomic mass is 9.86. The molecule has 1 aliphatic heterocycles. The Balaban J connectivity index is 1.23. The van der Waals surface area contributed by atoms with Crippen molar-refractivity contribution in [1.29, 1.82) is 0 Å². The molecule has 1 atom stereocenters. The second kappa shape index (κ2) is 8.80. The Bertz CT molecular complexity index is 1850. The maximum atomic E-state index is 6.10. The van der Waals surface area contributed by atoms with E-state index >= 15 is 0 Å². The first-order valence-corrected chi connectivity index (χ1v) is 12.7. The van der Waals surface area contributed by atoms with Crippen LogP contribution in [0.15, 0.2) is 61.2 Å². The minimum atomic E-state index is -0.200. The smallest absolute Gasteiger partial charge is 0.244 e. The van der Waals surface area contributed by atoms with Gasteiger partial charge in [0.25, 0.3) is 0 Å². The summed E-state index contributed by atoms with van der Waals surface area (Å²) in [7, 11) is 1.90. The van der Waals surface area contributed by atoms with Crippen molar-refractivity contribution in [2.45, 2.75) is 33.3 Å². The van der Waals surface area contributed by atoms with E-state index in [0.717, 1.165) is 44.8 Å². The van der Waals surface area contributed by atoms with Crippen molar-refractivity contribution in [1.82, 2.24) is 39.6 Å². The van der Waals surface area contributed by atoms with Gasteiger partial charge in [0.05, 0.1) is 17.7 Å². The van der Waals surface area contributed by atoms with Crippen LogP contribution in [-0.4, -0.2) is 39.6 Å². The van der Waals surface area contributed by atoms with E-state index in [1.54, 1.807) is 15.5 Å². The molecule has 0 unspecified atom stereocenters. The number of rotatable bonds is 5. The van der Waals surface area contributed by atoms with Crippen LogP contribution >= 0.6 is 0 Å². The van der Waals surface area contributed by atoms with E-state index in [0.29, 0.717) is 29.8 Å². The van der Waals surface area contributed by atoms with Gasteiger partial charge in [-0.1, -0.05) is 42.0 Å². The predicted octanol–water partition coefficient (Wildman–Crippen LogP) is 5.04. The molecule has 0 spiro atoms. The van der Waals surface area contributed by atoms with Crippen molar-refractivity contribution < 1.29 is 9.47 Å². The molecule has 4 aromatic heterocycles. The third-order valence-electron chi connectivity index (χ3n) is 7.11. The van der Waals surface area contributed by atoms with E-state index in [-0.39, 0.29) is 5.92 Å². The van der Waals surface area contributed by atoms with Crippen molar-refractivity contribution in [3.8, 4) is 28.9 Å². The molecule has 2 aromatic carbocycles. The van der Waals surface area contributed by atoms with E-state index in [2.05, 4.69) is 46.3 Å². The summed E-state index contributed by atoms with van der Waals surface area (Å²) in [6.45, 7) is 6.61. The number of fused-ring (bicyclic) bond motifs is 4. The summed E-state index contributed by atoms with van der Waals surface area (Å²) in [4.78, 5) is 9.52. The Hall–Kier alpha value is -4.99. The molecular formula is C29H26N8O2. The summed E-state index contributed by atoms with van der Waals surface area (Å²) in [5.41, 5.74) is 8.70. The maximum Gasteiger partial charge on any atom is 0.244 e. The van der Waals surface area contributed by atoms with E-state index in [4.69, 9.17) is 19.6 Å². The second-order valence-electron chi connectivity index (χ2n) is 9.97. The molecule has 10 heteroatoms. The lowest BCUT2D eigenvalue weighted by molar-refractivity contribution is 0.304. The minimum Gasteiger partial charge on any atom is -0.489 e. The Morgan fingerprint density at radius 3 is 2.64 bits per heavy atom. The molecule has 194 valence electrons. The van der Waals surface area contributed by atoms with E-state index in [9.17, 15) is 0 Å². The summed E-state index contributed by atoms with van der Waals surface area (Å²) in [6, 6.07) is 14.3. The first-order chi connectivity index (χ1) is 18.9. The lowest BCUT2D eigenvalue weighted by Crippen LogP contribution is -2.14. The third-order valence-corrected chi connectivity index (χ3v) is 7.11. The van der Waals surface area contributed by atoms with Crippen molar-refractivity contribution >= 4 is 5.65 Å². The first kappa shape index (κ1) is 23.2. The summed E-state index contributed by atoms with van der Waals surface area (Å²) < 4.78 is 15.6. The number of benzene rings is 2. The fourth-order valence-electron chi connectivity index (χ4n) is 5.18. The highest BCUT2D eigenvalue weighted by atomic mass is 16.5. The highest BCUT2D eigenvalue weighted by molar-refractivity contribution is 5.68. The Kier molecular flexibility index (Phi) is 5.22. The van der Waals surface area contributed by atoms with Crippen LogP contribution in [-0.2, 0) is 13.7 Å². The van der Waals surface area contributed by atoms with Gasteiger partial charge < -0.3 is 9.47 Å². The van der Waals surface area contributed by atoms with Gasteiger partial charge in [0.1, 0.15) is 18.7 Å². The summed E-state index contributed by atoms with van der Waals surface area (Å²) >= 11 is 0. The molecule has 0 fully saturated rings. The molecule has 7 rings (SSSR count). The second-order valence-corrected chi connectivity index (χ2v) is 9.97. The molecule has 0 bridgehead atoms. The molecule has 0 radical (unpaired) electrons. The predicted molar refractivity (Wildman–Crippen MR) is 144 cm³/mol. The highest BCUT2D eigenvalue weighted by Gasteiger charge is 2.37. The lowest BCUT2D eigenvalue weighted by Gasteiger charge is -2.24. The molecule has 10 nitrogen and oxygen atoms in total. The van der Waals surface area contributed by atoms with E-state index in [1.165, 1.54) is 5.56 Å². The van der Waals surface area contributed by atoms with Gasteiger partial charge in [0, 0.05) is 35.6 Å². The van der Waals surface area contributed by atoms with Gasteiger partial charge in [-0.3, -0.25) is 9.78 Å². The zero-order chi connectivity index (χ0) is 26.7. The van der Waals surface area contributed by atoms with Crippen LogP contribution in [0, 0.1) is 20.8 Å². The molecule has 1 aliphatic rings. The number of aromatic nitrogens is 8. The van der Waals surface area contributed by atoms with Crippen LogP contribution in [0.4, 0.5) is 0 Å². The van der Waals surface area contributed by atoms with Gasteiger partial charge >= 0.3 is 0 Å². The average molecular weight is 519 g/mol. The number of hydrogen-bond acceptors (Lipinski definition) is 7. The van der Waals surface area contributed by atoms with Gasteiger partial charge in [-0.05, 0) is 38.0 Å². The van der Waals surface area contributed by atoms with Gasteiger partial charge in [-0.15, -0.1) is 10.2 Å². The maximum absolute atomic E-state index is 6.10. The normalized spacial score (nSPS) is 14.2. The average Bonchev–Trinajstić information content (AvgIpc) is 3.66. The molecule has 1 N–H and O–H groups in total. The number of nitrogens with one attached hydrogen (secondary N) is 1. The summed E-state index contributed by atoms with van der Waals surface area (Å²) in [5, 5.41) is 16.6. The molecule has 0 amide bonds. The fraction of sp³-hybridized carbons (Fsp3) is 0.207. The number of aromatic amines is 1. The molecule has 0 saturated carbocycles. The molecule has 39 heavy (non-hydrogen) atoms. The number of hydrogen-bond donors (Lipinski definition) is 1. The third kappa shape index (κ3) is 3.92. The van der Waals surface area contributed by atoms with Crippen LogP contribution in [0.2, 0.25) is 0 Å². The van der Waals surface area contributed by atoms with Crippen molar-refractivity contribution in [3.05, 3.63) is 100 Å². The van der Waals surface area contributed by atoms with Crippen LogP contribution in [0.25, 0.3) is 17.0 Å². The molecule has 5 heterocycles. The quantitative estimate of drug-likeness (QED) is 0.340. The minimum absolute atomic E-state index is 0.200. The van der Waals surface area contributed by atoms with Gasteiger partial charge in [0.2, 0.25) is 11.8 Å². The SMILES string of the molecule is Cc1ccc(OCc2ccc(-c3nc4c5c(ncn4n3)Oc3n[nH]c(C)c3[C@H]5c3cnn(C)c3)cc2)c(C)c1. The fourth-order valence-corrected chi connectivity index (χ4v) is 5.18. The Morgan fingerprint density at radius 2 is 1.87 bits per heavy atom. The standard InChI is InChI=1S/C29H26N8O2/c1-16-5-10-22(17(2)11-16)38-14-19-6-8-20(9-7-19)26-32-27-25-24(21-12-31-36(4)13-21)23-18(3)33-34-29(23)39-28(25)30-15-37(27)35-26/h5-13,15,24H,14H2,1-4H3,(H,33,34)/t24-/m1/s1. The molecule has 6 aromatic rings. The van der Waals surface area contributed by atoms with Gasteiger partial charge in [0.15, 0.2) is 11.5 Å². The molecule has 0 saturated heterocycles. The van der Waals surface area contributed by atoms with Crippen LogP contribution < -0.4 is 9.47 Å². The first-order valence-electron chi connectivity index (χ1n) is 12.7. The van der Waals surface area contributed by atoms with Gasteiger partial charge in [-0.2, -0.15) is 5.10 Å². The monoisotopic (exact) mass is 518 g/mol. The van der Waals surface area contributed by atoms with E-state index < -0.39 is 0 Å². The Labute approximate surface area is 224 Å².